The molecule has 13 heteroatoms. The van der Waals surface area contributed by atoms with Gasteiger partial charge in [0.1, 0.15) is 10.7 Å². The Hall–Kier alpha value is -2.57. The molecule has 1 atom stereocenters. The number of pyridine rings is 1. The van der Waals surface area contributed by atoms with Crippen molar-refractivity contribution in [1.82, 2.24) is 10.3 Å². The maximum absolute atomic E-state index is 12.9. The number of carbonyl (C=O) groups is 1. The van der Waals surface area contributed by atoms with Gasteiger partial charge in [0.15, 0.2) is 0 Å². The predicted octanol–water partition coefficient (Wildman–Crippen LogP) is 2.80. The van der Waals surface area contributed by atoms with Crippen molar-refractivity contribution in [2.24, 2.45) is 5.14 Å². The van der Waals surface area contributed by atoms with Gasteiger partial charge in [0.25, 0.3) is 0 Å². The summed E-state index contributed by atoms with van der Waals surface area (Å²) in [6.07, 6.45) is -2.92. The minimum atomic E-state index is -4.64. The summed E-state index contributed by atoms with van der Waals surface area (Å²) in [5, 5.41) is 9.63. The molecule has 1 aliphatic rings. The number of nitrogens with two attached hydrogens (primary N) is 1. The number of nitrogens with zero attached hydrogens (tertiary/aromatic N) is 2. The number of sulfonamides is 1. The number of anilines is 2. The summed E-state index contributed by atoms with van der Waals surface area (Å²) in [6, 6.07) is 5.01. The molecule has 2 amide bonds. The Bertz CT molecular complexity index is 1050. The van der Waals surface area contributed by atoms with Crippen LogP contribution in [0.3, 0.4) is 0 Å². The SMILES string of the molecule is NS(=O)(=O)c1ccc(N2CC[C@@H](NC(=O)Nc3ccc(Cl)c(C(F)(F)F)c3)C2)nc1. The van der Waals surface area contributed by atoms with Crippen LogP contribution in [-0.4, -0.2) is 38.6 Å². The van der Waals surface area contributed by atoms with E-state index in [1.165, 1.54) is 18.2 Å². The van der Waals surface area contributed by atoms with Crippen molar-refractivity contribution >= 4 is 39.2 Å². The number of urea groups is 1. The number of rotatable bonds is 4. The first-order chi connectivity index (χ1) is 13.9. The fraction of sp³-hybridized carbons (Fsp3) is 0.294. The zero-order valence-corrected chi connectivity index (χ0v) is 16.9. The van der Waals surface area contributed by atoms with E-state index in [2.05, 4.69) is 15.6 Å². The average Bonchev–Trinajstić information content (AvgIpc) is 3.10. The van der Waals surface area contributed by atoms with E-state index in [4.69, 9.17) is 16.7 Å². The molecule has 3 rings (SSSR count). The van der Waals surface area contributed by atoms with Crippen LogP contribution in [0.5, 0.6) is 0 Å². The summed E-state index contributed by atoms with van der Waals surface area (Å²) in [4.78, 5) is 18.0. The highest BCUT2D eigenvalue weighted by Crippen LogP contribution is 2.36. The number of amides is 2. The van der Waals surface area contributed by atoms with Crippen LogP contribution in [0.15, 0.2) is 41.4 Å². The fourth-order valence-electron chi connectivity index (χ4n) is 2.99. The quantitative estimate of drug-likeness (QED) is 0.644. The molecule has 0 unspecified atom stereocenters. The lowest BCUT2D eigenvalue weighted by Gasteiger charge is -2.18. The van der Waals surface area contributed by atoms with Crippen LogP contribution in [0, 0.1) is 0 Å². The summed E-state index contributed by atoms with van der Waals surface area (Å²) in [6.45, 7) is 0.940. The highest BCUT2D eigenvalue weighted by atomic mass is 35.5. The lowest BCUT2D eigenvalue weighted by atomic mass is 10.2. The summed E-state index contributed by atoms with van der Waals surface area (Å²) < 4.78 is 61.3. The maximum atomic E-state index is 12.9. The van der Waals surface area contributed by atoms with Gasteiger partial charge >= 0.3 is 12.2 Å². The number of carbonyl (C=O) groups excluding carboxylic acids is 1. The van der Waals surface area contributed by atoms with E-state index < -0.39 is 32.8 Å². The minimum absolute atomic E-state index is 0.0423. The second kappa shape index (κ2) is 8.28. The number of primary sulfonamides is 1. The largest absolute Gasteiger partial charge is 0.417 e. The molecule has 1 saturated heterocycles. The van der Waals surface area contributed by atoms with Crippen molar-refractivity contribution in [3.8, 4) is 0 Å². The third-order valence-electron chi connectivity index (χ3n) is 4.43. The summed E-state index contributed by atoms with van der Waals surface area (Å²) in [5.41, 5.74) is -1.08. The van der Waals surface area contributed by atoms with Gasteiger partial charge in [-0.2, -0.15) is 13.2 Å². The highest BCUT2D eigenvalue weighted by Gasteiger charge is 2.33. The van der Waals surface area contributed by atoms with Gasteiger partial charge in [-0.05, 0) is 36.8 Å². The van der Waals surface area contributed by atoms with Gasteiger partial charge in [0, 0.05) is 31.0 Å². The van der Waals surface area contributed by atoms with Gasteiger partial charge in [0.2, 0.25) is 10.0 Å². The van der Waals surface area contributed by atoms with Crippen LogP contribution in [0.1, 0.15) is 12.0 Å². The van der Waals surface area contributed by atoms with Crippen LogP contribution in [-0.2, 0) is 16.2 Å². The monoisotopic (exact) mass is 463 g/mol. The average molecular weight is 464 g/mol. The molecule has 0 spiro atoms. The van der Waals surface area contributed by atoms with Gasteiger partial charge in [-0.15, -0.1) is 0 Å². The number of benzene rings is 1. The van der Waals surface area contributed by atoms with Crippen LogP contribution >= 0.6 is 11.6 Å². The molecule has 8 nitrogen and oxygen atoms in total. The van der Waals surface area contributed by atoms with Gasteiger partial charge in [-0.25, -0.2) is 23.3 Å². The summed E-state index contributed by atoms with van der Waals surface area (Å²) in [5.74, 6) is 0.514. The van der Waals surface area contributed by atoms with Crippen LogP contribution in [0.25, 0.3) is 0 Å². The standard InChI is InChI=1S/C17H17ClF3N5O3S/c18-14-3-1-10(7-13(14)17(19,20)21)24-16(27)25-11-5-6-26(9-11)15-4-2-12(8-23-15)30(22,28)29/h1-4,7-8,11H,5-6,9H2,(H2,22,28,29)(H2,24,25,27)/t11-/m1/s1. The summed E-state index contributed by atoms with van der Waals surface area (Å²) >= 11 is 5.56. The first-order valence-electron chi connectivity index (χ1n) is 8.61. The molecule has 2 heterocycles. The van der Waals surface area contributed by atoms with Gasteiger partial charge < -0.3 is 15.5 Å². The van der Waals surface area contributed by atoms with Crippen molar-refractivity contribution in [1.29, 1.82) is 0 Å². The molecule has 1 aliphatic heterocycles. The van der Waals surface area contributed by atoms with Gasteiger partial charge in [-0.1, -0.05) is 11.6 Å². The number of aromatic nitrogens is 1. The fourth-order valence-corrected chi connectivity index (χ4v) is 3.67. The first-order valence-corrected chi connectivity index (χ1v) is 10.5. The molecule has 0 bridgehead atoms. The van der Waals surface area contributed by atoms with Crippen molar-refractivity contribution < 1.29 is 26.4 Å². The molecule has 1 aromatic carbocycles. The lowest BCUT2D eigenvalue weighted by Crippen LogP contribution is -2.39. The van der Waals surface area contributed by atoms with E-state index in [9.17, 15) is 26.4 Å². The Morgan fingerprint density at radius 3 is 2.60 bits per heavy atom. The topological polar surface area (TPSA) is 117 Å². The zero-order chi connectivity index (χ0) is 22.1. The van der Waals surface area contributed by atoms with Gasteiger partial charge in [-0.3, -0.25) is 0 Å². The number of halogens is 4. The Balaban J connectivity index is 1.59. The third-order valence-corrected chi connectivity index (χ3v) is 5.65. The van der Waals surface area contributed by atoms with Crippen LogP contribution in [0.4, 0.5) is 29.5 Å². The second-order valence-corrected chi connectivity index (χ2v) is 8.59. The molecular formula is C17H17ClF3N5O3S. The van der Waals surface area contributed by atoms with E-state index in [0.29, 0.717) is 25.3 Å². The normalized spacial score (nSPS) is 17.1. The Morgan fingerprint density at radius 1 is 1.27 bits per heavy atom. The lowest BCUT2D eigenvalue weighted by molar-refractivity contribution is -0.137. The Morgan fingerprint density at radius 2 is 2.00 bits per heavy atom. The van der Waals surface area contributed by atoms with E-state index in [0.717, 1.165) is 18.3 Å². The van der Waals surface area contributed by atoms with Crippen molar-refractivity contribution in [2.45, 2.75) is 23.5 Å². The van der Waals surface area contributed by atoms with E-state index >= 15 is 0 Å². The maximum Gasteiger partial charge on any atom is 0.417 e. The molecule has 0 aliphatic carbocycles. The van der Waals surface area contributed by atoms with Crippen LogP contribution < -0.4 is 20.7 Å². The second-order valence-electron chi connectivity index (χ2n) is 6.62. The Labute approximate surface area is 175 Å². The van der Waals surface area contributed by atoms with Crippen LogP contribution in [0.2, 0.25) is 5.02 Å². The Kier molecular flexibility index (Phi) is 6.11. The molecule has 30 heavy (non-hydrogen) atoms. The van der Waals surface area contributed by atoms with Gasteiger partial charge in [0.05, 0.1) is 10.6 Å². The van der Waals surface area contributed by atoms with Crippen molar-refractivity contribution in [3.05, 3.63) is 47.1 Å². The first kappa shape index (κ1) is 22.1. The van der Waals surface area contributed by atoms with E-state index in [1.807, 2.05) is 4.90 Å². The number of alkyl halides is 3. The predicted molar refractivity (Wildman–Crippen MR) is 105 cm³/mol. The van der Waals surface area contributed by atoms with E-state index in [1.54, 1.807) is 0 Å². The molecular weight excluding hydrogens is 447 g/mol. The summed E-state index contributed by atoms with van der Waals surface area (Å²) in [7, 11) is -3.84. The molecule has 4 N–H and O–H groups in total. The molecule has 162 valence electrons. The molecule has 0 radical (unpaired) electrons. The molecule has 0 saturated carbocycles. The molecule has 1 aromatic heterocycles. The van der Waals surface area contributed by atoms with Crippen molar-refractivity contribution in [3.63, 3.8) is 0 Å². The highest BCUT2D eigenvalue weighted by molar-refractivity contribution is 7.89. The smallest absolute Gasteiger partial charge is 0.354 e. The third kappa shape index (κ3) is 5.32. The molecule has 1 fully saturated rings. The number of hydrogen-bond donors (Lipinski definition) is 3. The minimum Gasteiger partial charge on any atom is -0.354 e. The molecule has 2 aromatic rings. The van der Waals surface area contributed by atoms with E-state index in [-0.39, 0.29) is 16.6 Å². The zero-order valence-electron chi connectivity index (χ0n) is 15.3. The van der Waals surface area contributed by atoms with Crippen molar-refractivity contribution in [2.75, 3.05) is 23.3 Å². The number of nitrogens with one attached hydrogen (secondary N) is 2. The number of hydrogen-bond acceptors (Lipinski definition) is 5.